The number of rotatable bonds is 5. The number of benzene rings is 1. The van der Waals surface area contributed by atoms with Gasteiger partial charge in [0.05, 0.1) is 0 Å². The van der Waals surface area contributed by atoms with Crippen molar-refractivity contribution < 1.29 is 4.79 Å². The second-order valence-corrected chi connectivity index (χ2v) is 7.04. The van der Waals surface area contributed by atoms with Crippen molar-refractivity contribution in [1.29, 1.82) is 0 Å². The monoisotopic (exact) mass is 456 g/mol. The number of nitrogens with zero attached hydrogens (tertiary/aromatic N) is 2. The molecule has 1 saturated carbocycles. The maximum atomic E-state index is 12.2. The van der Waals surface area contributed by atoms with Crippen molar-refractivity contribution in [1.82, 2.24) is 10.2 Å². The Morgan fingerprint density at radius 3 is 2.64 bits per heavy atom. The fraction of sp³-hybridized carbons (Fsp3) is 0.579. The van der Waals surface area contributed by atoms with Crippen LogP contribution in [-0.4, -0.2) is 35.9 Å². The van der Waals surface area contributed by atoms with Gasteiger partial charge in [-0.3, -0.25) is 9.79 Å². The van der Waals surface area contributed by atoms with Gasteiger partial charge in [0.2, 0.25) is 5.91 Å². The minimum absolute atomic E-state index is 0. The van der Waals surface area contributed by atoms with Crippen molar-refractivity contribution in [2.75, 3.05) is 13.1 Å². The maximum absolute atomic E-state index is 12.2. The van der Waals surface area contributed by atoms with E-state index in [9.17, 15) is 4.79 Å². The largest absolute Gasteiger partial charge is 0.370 e. The van der Waals surface area contributed by atoms with Gasteiger partial charge in [0, 0.05) is 38.0 Å². The molecular formula is C19H29IN4O. The standard InChI is InChI=1S/C19H28N4O.HI/c20-19(22-17-9-5-2-6-10-17)21-12-16-11-18(24)23(14-16)13-15-7-3-1-4-8-15;/h1,3-4,7-8,16-17H,2,5-6,9-14H2,(H3,20,21,22);1H. The number of carbonyl (C=O) groups is 1. The molecule has 0 radical (unpaired) electrons. The molecule has 0 spiro atoms. The van der Waals surface area contributed by atoms with Gasteiger partial charge in [-0.15, -0.1) is 24.0 Å². The van der Waals surface area contributed by atoms with Gasteiger partial charge in [-0.25, -0.2) is 0 Å². The summed E-state index contributed by atoms with van der Waals surface area (Å²) in [6.07, 6.45) is 6.82. The molecule has 5 nitrogen and oxygen atoms in total. The molecule has 1 unspecified atom stereocenters. The highest BCUT2D eigenvalue weighted by Crippen LogP contribution is 2.21. The Morgan fingerprint density at radius 2 is 1.92 bits per heavy atom. The topological polar surface area (TPSA) is 70.7 Å². The highest BCUT2D eigenvalue weighted by molar-refractivity contribution is 14.0. The van der Waals surface area contributed by atoms with E-state index in [0.29, 0.717) is 31.5 Å². The summed E-state index contributed by atoms with van der Waals surface area (Å²) in [7, 11) is 0. The van der Waals surface area contributed by atoms with E-state index in [0.717, 1.165) is 6.54 Å². The van der Waals surface area contributed by atoms with Crippen molar-refractivity contribution in [2.24, 2.45) is 16.6 Å². The second kappa shape index (κ2) is 9.99. The van der Waals surface area contributed by atoms with Crippen molar-refractivity contribution in [3.8, 4) is 0 Å². The summed E-state index contributed by atoms with van der Waals surface area (Å²) in [6, 6.07) is 10.6. The van der Waals surface area contributed by atoms with E-state index < -0.39 is 0 Å². The number of halogens is 1. The first-order valence-corrected chi connectivity index (χ1v) is 9.09. The first-order valence-electron chi connectivity index (χ1n) is 9.09. The third kappa shape index (κ3) is 6.17. The molecule has 138 valence electrons. The molecule has 2 aliphatic rings. The minimum atomic E-state index is 0. The average molecular weight is 456 g/mol. The molecule has 0 aromatic heterocycles. The highest BCUT2D eigenvalue weighted by Gasteiger charge is 2.29. The van der Waals surface area contributed by atoms with Gasteiger partial charge < -0.3 is 16.0 Å². The molecule has 1 aromatic rings. The predicted octanol–water partition coefficient (Wildman–Crippen LogP) is 2.89. The van der Waals surface area contributed by atoms with Gasteiger partial charge in [0.1, 0.15) is 0 Å². The van der Waals surface area contributed by atoms with Crippen LogP contribution in [0, 0.1) is 5.92 Å². The van der Waals surface area contributed by atoms with Crippen molar-refractivity contribution in [2.45, 2.75) is 51.1 Å². The highest BCUT2D eigenvalue weighted by atomic mass is 127. The third-order valence-corrected chi connectivity index (χ3v) is 4.99. The molecule has 1 aliphatic heterocycles. The van der Waals surface area contributed by atoms with E-state index in [4.69, 9.17) is 5.73 Å². The van der Waals surface area contributed by atoms with Crippen LogP contribution in [0.1, 0.15) is 44.1 Å². The maximum Gasteiger partial charge on any atom is 0.223 e. The summed E-state index contributed by atoms with van der Waals surface area (Å²) in [5.41, 5.74) is 7.19. The second-order valence-electron chi connectivity index (χ2n) is 7.04. The van der Waals surface area contributed by atoms with Crippen LogP contribution in [0.3, 0.4) is 0 Å². The molecule has 1 aromatic carbocycles. The van der Waals surface area contributed by atoms with Gasteiger partial charge in [-0.2, -0.15) is 0 Å². The number of nitrogens with one attached hydrogen (secondary N) is 1. The van der Waals surface area contributed by atoms with E-state index in [1.807, 2.05) is 23.1 Å². The number of aliphatic imine (C=N–C) groups is 1. The van der Waals surface area contributed by atoms with Gasteiger partial charge in [-0.05, 0) is 18.4 Å². The molecule has 3 N–H and O–H groups in total. The Morgan fingerprint density at radius 1 is 1.20 bits per heavy atom. The summed E-state index contributed by atoms with van der Waals surface area (Å²) < 4.78 is 0. The van der Waals surface area contributed by atoms with Crippen LogP contribution < -0.4 is 11.1 Å². The van der Waals surface area contributed by atoms with Crippen LogP contribution in [0.2, 0.25) is 0 Å². The lowest BCUT2D eigenvalue weighted by Crippen LogP contribution is -2.41. The lowest BCUT2D eigenvalue weighted by molar-refractivity contribution is -0.128. The zero-order valence-corrected chi connectivity index (χ0v) is 17.0. The lowest BCUT2D eigenvalue weighted by atomic mass is 9.96. The molecule has 1 aliphatic carbocycles. The molecule has 3 rings (SSSR count). The fourth-order valence-corrected chi connectivity index (χ4v) is 3.66. The average Bonchev–Trinajstić information content (AvgIpc) is 2.95. The Kier molecular flexibility index (Phi) is 7.99. The Labute approximate surface area is 167 Å². The molecule has 1 heterocycles. The summed E-state index contributed by atoms with van der Waals surface area (Å²) >= 11 is 0. The molecule has 2 fully saturated rings. The van der Waals surface area contributed by atoms with Gasteiger partial charge in [0.25, 0.3) is 0 Å². The van der Waals surface area contributed by atoms with E-state index in [2.05, 4.69) is 22.4 Å². The van der Waals surface area contributed by atoms with Crippen LogP contribution >= 0.6 is 24.0 Å². The number of hydrogen-bond donors (Lipinski definition) is 2. The van der Waals surface area contributed by atoms with Crippen LogP contribution in [0.15, 0.2) is 35.3 Å². The zero-order chi connectivity index (χ0) is 16.8. The number of carbonyl (C=O) groups excluding carboxylic acids is 1. The first-order chi connectivity index (χ1) is 11.7. The molecule has 25 heavy (non-hydrogen) atoms. The molecule has 6 heteroatoms. The van der Waals surface area contributed by atoms with Gasteiger partial charge in [0.15, 0.2) is 5.96 Å². The van der Waals surface area contributed by atoms with Crippen molar-refractivity contribution in [3.63, 3.8) is 0 Å². The predicted molar refractivity (Wildman–Crippen MR) is 112 cm³/mol. The summed E-state index contributed by atoms with van der Waals surface area (Å²) in [5, 5.41) is 3.33. The molecule has 1 amide bonds. The summed E-state index contributed by atoms with van der Waals surface area (Å²) in [4.78, 5) is 18.6. The Balaban J connectivity index is 0.00000225. The number of nitrogens with two attached hydrogens (primary N) is 1. The number of guanidine groups is 1. The SMILES string of the molecule is I.NC(=NCC1CC(=O)N(Cc2ccccc2)C1)NC1CCCCC1. The first kappa shape index (κ1) is 20.0. The molecule has 0 bridgehead atoms. The van der Waals surface area contributed by atoms with E-state index in [-0.39, 0.29) is 35.8 Å². The summed E-state index contributed by atoms with van der Waals surface area (Å²) in [6.45, 7) is 2.09. The van der Waals surface area contributed by atoms with Crippen LogP contribution in [0.4, 0.5) is 0 Å². The number of amides is 1. The summed E-state index contributed by atoms with van der Waals surface area (Å²) in [5.74, 6) is 1.03. The Hall–Kier alpha value is -1.31. The minimum Gasteiger partial charge on any atom is -0.370 e. The zero-order valence-electron chi connectivity index (χ0n) is 14.7. The normalized spacial score (nSPS) is 21.9. The van der Waals surface area contributed by atoms with Crippen LogP contribution in [0.5, 0.6) is 0 Å². The van der Waals surface area contributed by atoms with E-state index >= 15 is 0 Å². The smallest absolute Gasteiger partial charge is 0.223 e. The van der Waals surface area contributed by atoms with Gasteiger partial charge >= 0.3 is 0 Å². The quantitative estimate of drug-likeness (QED) is 0.407. The fourth-order valence-electron chi connectivity index (χ4n) is 3.66. The van der Waals surface area contributed by atoms with E-state index in [1.54, 1.807) is 0 Å². The Bertz CT molecular complexity index is 572. The molecule has 1 atom stereocenters. The molecule has 1 saturated heterocycles. The molecular weight excluding hydrogens is 427 g/mol. The van der Waals surface area contributed by atoms with Crippen LogP contribution in [-0.2, 0) is 11.3 Å². The number of hydrogen-bond acceptors (Lipinski definition) is 2. The van der Waals surface area contributed by atoms with Crippen molar-refractivity contribution >= 4 is 35.8 Å². The van der Waals surface area contributed by atoms with Crippen molar-refractivity contribution in [3.05, 3.63) is 35.9 Å². The number of likely N-dealkylation sites (tertiary alicyclic amines) is 1. The van der Waals surface area contributed by atoms with E-state index in [1.165, 1.54) is 37.7 Å². The third-order valence-electron chi connectivity index (χ3n) is 4.99. The lowest BCUT2D eigenvalue weighted by Gasteiger charge is -2.23. The van der Waals surface area contributed by atoms with Crippen LogP contribution in [0.25, 0.3) is 0 Å². The van der Waals surface area contributed by atoms with Gasteiger partial charge in [-0.1, -0.05) is 49.6 Å².